The Bertz CT molecular complexity index is 193. The quantitative estimate of drug-likeness (QED) is 0.501. The first-order valence-electron chi connectivity index (χ1n) is 5.26. The molecule has 0 radical (unpaired) electrons. The van der Waals surface area contributed by atoms with Gasteiger partial charge in [-0.15, -0.1) is 0 Å². The SMILES string of the molecule is CCC(CC)CC(C(=O)OC)C(=O)OC. The Morgan fingerprint density at radius 3 is 1.67 bits per heavy atom. The molecule has 0 rings (SSSR count). The van der Waals surface area contributed by atoms with Gasteiger partial charge in [0.1, 0.15) is 0 Å². The minimum absolute atomic E-state index is 0.355. The fourth-order valence-electron chi connectivity index (χ4n) is 1.53. The molecule has 0 spiro atoms. The minimum Gasteiger partial charge on any atom is -0.468 e. The predicted molar refractivity (Wildman–Crippen MR) is 56.2 cm³/mol. The lowest BCUT2D eigenvalue weighted by Gasteiger charge is -2.17. The summed E-state index contributed by atoms with van der Waals surface area (Å²) >= 11 is 0. The Morgan fingerprint density at radius 2 is 1.40 bits per heavy atom. The molecule has 0 heterocycles. The van der Waals surface area contributed by atoms with Crippen LogP contribution in [-0.4, -0.2) is 26.2 Å². The third-order valence-corrected chi connectivity index (χ3v) is 2.70. The van der Waals surface area contributed by atoms with Gasteiger partial charge in [-0.25, -0.2) is 0 Å². The van der Waals surface area contributed by atoms with Crippen molar-refractivity contribution in [2.45, 2.75) is 33.1 Å². The first kappa shape index (κ1) is 13.9. The molecule has 0 aromatic heterocycles. The summed E-state index contributed by atoms with van der Waals surface area (Å²) in [4.78, 5) is 22.7. The van der Waals surface area contributed by atoms with Gasteiger partial charge in [-0.1, -0.05) is 26.7 Å². The second-order valence-electron chi connectivity index (χ2n) is 3.52. The second kappa shape index (κ2) is 7.26. The Morgan fingerprint density at radius 1 is 1.00 bits per heavy atom. The average Bonchev–Trinajstić information content (AvgIpc) is 2.29. The summed E-state index contributed by atoms with van der Waals surface area (Å²) in [5.74, 6) is -1.43. The van der Waals surface area contributed by atoms with E-state index in [1.54, 1.807) is 0 Å². The van der Waals surface area contributed by atoms with Gasteiger partial charge in [0.15, 0.2) is 5.92 Å². The maximum atomic E-state index is 11.4. The Labute approximate surface area is 90.9 Å². The number of carbonyl (C=O) groups excluding carboxylic acids is 2. The summed E-state index contributed by atoms with van der Waals surface area (Å²) in [6, 6.07) is 0. The molecule has 0 N–H and O–H groups in total. The van der Waals surface area contributed by atoms with Gasteiger partial charge >= 0.3 is 11.9 Å². The van der Waals surface area contributed by atoms with Crippen molar-refractivity contribution in [2.24, 2.45) is 11.8 Å². The zero-order valence-electron chi connectivity index (χ0n) is 9.91. The van der Waals surface area contributed by atoms with Gasteiger partial charge in [0.05, 0.1) is 14.2 Å². The van der Waals surface area contributed by atoms with Gasteiger partial charge in [0.2, 0.25) is 0 Å². The van der Waals surface area contributed by atoms with Gasteiger partial charge in [-0.3, -0.25) is 9.59 Å². The van der Waals surface area contributed by atoms with Crippen molar-refractivity contribution < 1.29 is 19.1 Å². The Kier molecular flexibility index (Phi) is 6.75. The van der Waals surface area contributed by atoms with Crippen LogP contribution in [0.15, 0.2) is 0 Å². The lowest BCUT2D eigenvalue weighted by Crippen LogP contribution is -2.28. The summed E-state index contributed by atoms with van der Waals surface area (Å²) in [5.41, 5.74) is 0. The van der Waals surface area contributed by atoms with Gasteiger partial charge in [0, 0.05) is 0 Å². The molecule has 0 atom stereocenters. The highest BCUT2D eigenvalue weighted by atomic mass is 16.5. The van der Waals surface area contributed by atoms with Crippen molar-refractivity contribution in [2.75, 3.05) is 14.2 Å². The molecule has 4 heteroatoms. The van der Waals surface area contributed by atoms with Crippen LogP contribution in [0.1, 0.15) is 33.1 Å². The molecular formula is C11H20O4. The molecule has 0 bridgehead atoms. The van der Waals surface area contributed by atoms with Gasteiger partial charge in [-0.2, -0.15) is 0 Å². The monoisotopic (exact) mass is 216 g/mol. The highest BCUT2D eigenvalue weighted by Gasteiger charge is 2.30. The fourth-order valence-corrected chi connectivity index (χ4v) is 1.53. The van der Waals surface area contributed by atoms with Gasteiger partial charge < -0.3 is 9.47 Å². The molecule has 0 amide bonds. The molecule has 0 aliphatic rings. The first-order chi connectivity index (χ1) is 7.10. The van der Waals surface area contributed by atoms with E-state index in [1.165, 1.54) is 14.2 Å². The highest BCUT2D eigenvalue weighted by Crippen LogP contribution is 2.20. The second-order valence-corrected chi connectivity index (χ2v) is 3.52. The van der Waals surface area contributed by atoms with Crippen LogP contribution in [0.2, 0.25) is 0 Å². The van der Waals surface area contributed by atoms with Crippen molar-refractivity contribution in [3.05, 3.63) is 0 Å². The van der Waals surface area contributed by atoms with Crippen LogP contribution in [0.5, 0.6) is 0 Å². The topological polar surface area (TPSA) is 52.6 Å². The van der Waals surface area contributed by atoms with E-state index in [2.05, 4.69) is 9.47 Å². The number of ether oxygens (including phenoxy) is 2. The third-order valence-electron chi connectivity index (χ3n) is 2.70. The third kappa shape index (κ3) is 4.32. The first-order valence-corrected chi connectivity index (χ1v) is 5.26. The highest BCUT2D eigenvalue weighted by molar-refractivity contribution is 5.94. The molecule has 0 unspecified atom stereocenters. The number of methoxy groups -OCH3 is 2. The van der Waals surface area contributed by atoms with Crippen molar-refractivity contribution in [1.29, 1.82) is 0 Å². The number of hydrogen-bond donors (Lipinski definition) is 0. The average molecular weight is 216 g/mol. The molecule has 0 aromatic rings. The van der Waals surface area contributed by atoms with E-state index >= 15 is 0 Å². The standard InChI is InChI=1S/C11H20O4/c1-5-8(6-2)7-9(10(12)14-3)11(13)15-4/h8-9H,5-7H2,1-4H3. The van der Waals surface area contributed by atoms with E-state index < -0.39 is 17.9 Å². The summed E-state index contributed by atoms with van der Waals surface area (Å²) in [6.07, 6.45) is 2.40. The van der Waals surface area contributed by atoms with Crippen molar-refractivity contribution in [1.82, 2.24) is 0 Å². The molecule has 4 nitrogen and oxygen atoms in total. The van der Waals surface area contributed by atoms with E-state index in [9.17, 15) is 9.59 Å². The lowest BCUT2D eigenvalue weighted by atomic mass is 9.90. The lowest BCUT2D eigenvalue weighted by molar-refractivity contribution is -0.159. The summed E-state index contributed by atoms with van der Waals surface area (Å²) in [5, 5.41) is 0. The smallest absolute Gasteiger partial charge is 0.320 e. The number of rotatable bonds is 6. The van der Waals surface area contributed by atoms with Gasteiger partial charge in [0.25, 0.3) is 0 Å². The van der Waals surface area contributed by atoms with Crippen LogP contribution in [0.25, 0.3) is 0 Å². The molecule has 0 aliphatic heterocycles. The molecule has 0 aliphatic carbocycles. The molecular weight excluding hydrogens is 196 g/mol. The van der Waals surface area contributed by atoms with E-state index in [0.29, 0.717) is 12.3 Å². The van der Waals surface area contributed by atoms with Crippen LogP contribution in [0, 0.1) is 11.8 Å². The zero-order chi connectivity index (χ0) is 11.8. The zero-order valence-corrected chi connectivity index (χ0v) is 9.91. The van der Waals surface area contributed by atoms with E-state index in [4.69, 9.17) is 0 Å². The van der Waals surface area contributed by atoms with Crippen molar-refractivity contribution in [3.8, 4) is 0 Å². The Balaban J connectivity index is 4.49. The predicted octanol–water partition coefficient (Wildman–Crippen LogP) is 1.77. The molecule has 0 fully saturated rings. The van der Waals surface area contributed by atoms with Crippen molar-refractivity contribution >= 4 is 11.9 Å². The normalized spacial score (nSPS) is 10.5. The Hall–Kier alpha value is -1.06. The molecule has 0 aromatic carbocycles. The largest absolute Gasteiger partial charge is 0.468 e. The van der Waals surface area contributed by atoms with E-state index in [0.717, 1.165) is 12.8 Å². The summed E-state index contributed by atoms with van der Waals surface area (Å²) in [7, 11) is 2.57. The minimum atomic E-state index is -0.773. The van der Waals surface area contributed by atoms with Crippen LogP contribution in [0.3, 0.4) is 0 Å². The number of hydrogen-bond acceptors (Lipinski definition) is 4. The van der Waals surface area contributed by atoms with Crippen LogP contribution < -0.4 is 0 Å². The van der Waals surface area contributed by atoms with E-state index in [1.807, 2.05) is 13.8 Å². The van der Waals surface area contributed by atoms with Gasteiger partial charge in [-0.05, 0) is 12.3 Å². The van der Waals surface area contributed by atoms with Crippen LogP contribution >= 0.6 is 0 Å². The fraction of sp³-hybridized carbons (Fsp3) is 0.818. The molecule has 88 valence electrons. The van der Waals surface area contributed by atoms with Crippen LogP contribution in [-0.2, 0) is 19.1 Å². The summed E-state index contributed by atoms with van der Waals surface area (Å²) < 4.78 is 9.17. The molecule has 0 saturated heterocycles. The van der Waals surface area contributed by atoms with E-state index in [-0.39, 0.29) is 0 Å². The van der Waals surface area contributed by atoms with Crippen molar-refractivity contribution in [3.63, 3.8) is 0 Å². The number of esters is 2. The maximum Gasteiger partial charge on any atom is 0.320 e. The maximum absolute atomic E-state index is 11.4. The summed E-state index contributed by atoms with van der Waals surface area (Å²) in [6.45, 7) is 4.08. The molecule has 15 heavy (non-hydrogen) atoms. The number of carbonyl (C=O) groups is 2. The molecule has 0 saturated carbocycles. The van der Waals surface area contributed by atoms with Crippen LogP contribution in [0.4, 0.5) is 0 Å².